The summed E-state index contributed by atoms with van der Waals surface area (Å²) in [6.45, 7) is 16.2. The molecule has 676 valence electrons. The van der Waals surface area contributed by atoms with Crippen molar-refractivity contribution in [3.8, 4) is 89.0 Å². The lowest BCUT2D eigenvalue weighted by Gasteiger charge is -2.47. The van der Waals surface area contributed by atoms with Gasteiger partial charge in [0.2, 0.25) is 10.9 Å². The summed E-state index contributed by atoms with van der Waals surface area (Å²) >= 11 is 28.2. The third kappa shape index (κ3) is 16.8. The van der Waals surface area contributed by atoms with E-state index in [9.17, 15) is 5.11 Å². The number of aliphatic hydroxyl groups excluding tert-OH is 1. The zero-order valence-corrected chi connectivity index (χ0v) is 77.1. The zero-order valence-electron chi connectivity index (χ0n) is 71.6. The number of nitrogens with zero attached hydrogens (tertiary/aromatic N) is 19. The van der Waals surface area contributed by atoms with E-state index in [1.807, 2.05) is 5.38 Å². The number of nitrogens with one attached hydrogen (secondary N) is 8. The van der Waals surface area contributed by atoms with Crippen molar-refractivity contribution in [3.05, 3.63) is 158 Å². The minimum Gasteiger partial charge on any atom is -0.443 e. The number of aliphatic hydroxyl groups is 1. The first kappa shape index (κ1) is 87.2. The van der Waals surface area contributed by atoms with Crippen LogP contribution >= 0.6 is 80.4 Å². The molecule has 12 aliphatic rings. The predicted molar refractivity (Wildman–Crippen MR) is 503 cm³/mol. The van der Waals surface area contributed by atoms with Gasteiger partial charge in [-0.25, -0.2) is 112 Å². The van der Waals surface area contributed by atoms with Crippen LogP contribution in [0.25, 0.3) is 138 Å². The van der Waals surface area contributed by atoms with Crippen molar-refractivity contribution in [1.29, 1.82) is 0 Å². The van der Waals surface area contributed by atoms with Gasteiger partial charge in [-0.2, -0.15) is 11.3 Å². The maximum atomic E-state index is 15.9. The lowest BCUT2D eigenvalue weighted by Crippen LogP contribution is -2.47. The zero-order chi connectivity index (χ0) is 90.4. The van der Waals surface area contributed by atoms with Crippen molar-refractivity contribution < 1.29 is 27.1 Å². The molecule has 0 saturated heterocycles. The fourth-order valence-electron chi connectivity index (χ4n) is 21.8. The molecule has 12 saturated carbocycles. The van der Waals surface area contributed by atoms with Gasteiger partial charge in [0.1, 0.15) is 71.0 Å². The predicted octanol–water partition coefficient (Wildman–Crippen LogP) is 23.1. The number of oxazole rings is 1. The Morgan fingerprint density at radius 3 is 1.04 bits per heavy atom. The summed E-state index contributed by atoms with van der Waals surface area (Å²) in [5, 5.41) is 27.2. The molecule has 132 heavy (non-hydrogen) atoms. The maximum absolute atomic E-state index is 15.9. The molecule has 0 aliphatic heterocycles. The first-order chi connectivity index (χ1) is 64.2. The van der Waals surface area contributed by atoms with Crippen molar-refractivity contribution in [2.24, 2.45) is 71.0 Å². The maximum Gasteiger partial charge on any atom is 0.248 e. The molecule has 0 aromatic carbocycles. The Bertz CT molecular complexity index is 6810. The van der Waals surface area contributed by atoms with Crippen molar-refractivity contribution in [3.63, 3.8) is 0 Å². The van der Waals surface area contributed by atoms with E-state index in [-0.39, 0.29) is 103 Å². The summed E-state index contributed by atoms with van der Waals surface area (Å²) in [7, 11) is 0. The lowest BCUT2D eigenvalue weighted by atomic mass is 9.62. The van der Waals surface area contributed by atoms with E-state index in [1.54, 1.807) is 55.2 Å². The Labute approximate surface area is 785 Å². The number of fused-ring (bicyclic) bond motifs is 16. The number of thiophene rings is 2. The topological polar surface area (TPSA) is 381 Å². The summed E-state index contributed by atoms with van der Waals surface area (Å²) < 4.78 is 68.4. The Kier molecular flexibility index (Phi) is 24.1. The molecule has 16 heterocycles. The summed E-state index contributed by atoms with van der Waals surface area (Å²) in [5.74, 6) is 6.71. The molecule has 0 spiro atoms. The highest BCUT2D eigenvalue weighted by Gasteiger charge is 2.47. The van der Waals surface area contributed by atoms with Crippen LogP contribution in [0.1, 0.15) is 135 Å². The Morgan fingerprint density at radius 1 is 0.402 bits per heavy atom. The summed E-state index contributed by atoms with van der Waals surface area (Å²) in [5.41, 5.74) is 7.28. The van der Waals surface area contributed by atoms with Crippen LogP contribution in [0.3, 0.4) is 0 Å². The van der Waals surface area contributed by atoms with Crippen molar-refractivity contribution in [2.45, 2.75) is 161 Å². The molecular formula is C92H87Cl4F4N27O2S3. The first-order valence-corrected chi connectivity index (χ1v) is 48.6. The molecule has 28 rings (SSSR count). The minimum absolute atomic E-state index is 0.000425. The molecule has 0 radical (unpaired) electrons. The number of halogens is 8. The molecule has 0 unspecified atom stereocenters. The summed E-state index contributed by atoms with van der Waals surface area (Å²) in [6, 6.07) is 7.67. The number of H-pyrrole nitrogens is 4. The Balaban J connectivity index is 0.000000106. The van der Waals surface area contributed by atoms with Crippen molar-refractivity contribution >= 4 is 153 Å². The molecule has 16 aromatic rings. The van der Waals surface area contributed by atoms with E-state index in [0.29, 0.717) is 181 Å². The quantitative estimate of drug-likeness (QED) is 0.0302. The Morgan fingerprint density at radius 2 is 0.727 bits per heavy atom. The fraction of sp³-hybridized carbons (Fsp3) is 0.402. The van der Waals surface area contributed by atoms with Gasteiger partial charge in [0.25, 0.3) is 0 Å². The van der Waals surface area contributed by atoms with Crippen LogP contribution in [0.5, 0.6) is 0 Å². The number of thiazole rings is 1. The van der Waals surface area contributed by atoms with Crippen LogP contribution in [-0.4, -0.2) is 139 Å². The highest BCUT2D eigenvalue weighted by Crippen LogP contribution is 2.52. The smallest absolute Gasteiger partial charge is 0.248 e. The number of aromatic nitrogens is 22. The molecule has 0 amide bonds. The van der Waals surface area contributed by atoms with E-state index in [2.05, 4.69) is 163 Å². The Hall–Kier alpha value is -11.4. The largest absolute Gasteiger partial charge is 0.443 e. The second kappa shape index (κ2) is 36.5. The molecule has 29 nitrogen and oxygen atoms in total. The number of aromatic amines is 4. The minimum atomic E-state index is -0.575. The van der Waals surface area contributed by atoms with Gasteiger partial charge in [-0.05, 0) is 192 Å². The molecular weight excluding hydrogens is 1830 g/mol. The fourth-order valence-corrected chi connectivity index (χ4v) is 24.6. The number of rotatable bonds is 17. The lowest BCUT2D eigenvalue weighted by molar-refractivity contribution is 0.0926. The molecule has 8 bridgehead atoms. The number of hydrogen-bond donors (Lipinski definition) is 9. The van der Waals surface area contributed by atoms with Gasteiger partial charge in [0.15, 0.2) is 98.1 Å². The van der Waals surface area contributed by atoms with Crippen LogP contribution in [-0.2, 0) is 6.61 Å². The standard InChI is InChI=1S/C24H21ClFN7S.C24H24ClFN6OS.C22H21ClFN7O.C22H21ClFN7S/c1-11-12-3-5-13(6-4-12)19(11)31-23-18(26)21(15-7-8-17(27-2)34-15)32-22(33-23)14-9-28-24-20(14)30-16(25)10-29-24;1-11-12-2-4-13(5-3-12)19(11)30-23-18(26)21(16-7-6-14(10-33)34-16)31-22(32-23)15-8-27-24-20(15)29-17(25)9-28-24;2*1-10-11-2-4-12(5-3-11)16(10)29-20-15(24)18(22-25-6-7-32-22)30-19(31-20)13-8-26-21-17(13)28-14(23)9-27-21/h7-13,19H,3-6H2,1H3,(H,28,29)(H,31,32,33);6-9,11-13,19,33H,2-5,10H2,1H3,(H,27,28)(H,30,31,32);2*6-12,16H,2-5H2,1H3,(H,26,27)(H,29,30,31)/t2*11-,12?,13?,19+;2*10-,11?,12?,16+/m0000/s1. The van der Waals surface area contributed by atoms with E-state index in [4.69, 9.17) is 57.4 Å². The molecule has 40 heteroatoms. The van der Waals surface area contributed by atoms with Gasteiger partial charge in [-0.15, -0.1) is 22.7 Å². The van der Waals surface area contributed by atoms with Crippen LogP contribution < -0.4 is 21.3 Å². The van der Waals surface area contributed by atoms with Crippen molar-refractivity contribution in [2.75, 3.05) is 21.3 Å². The molecule has 9 N–H and O–H groups in total. The van der Waals surface area contributed by atoms with Gasteiger partial charge in [-0.1, -0.05) is 80.2 Å². The average Bonchev–Trinajstić information content (AvgIpc) is 1.70. The van der Waals surface area contributed by atoms with Gasteiger partial charge in [0, 0.05) is 70.3 Å². The van der Waals surface area contributed by atoms with Gasteiger partial charge < -0.3 is 50.7 Å². The average molecular weight is 1920 g/mol. The molecule has 12 aliphatic carbocycles. The molecule has 16 aromatic heterocycles. The van der Waals surface area contributed by atoms with Gasteiger partial charge >= 0.3 is 0 Å². The van der Waals surface area contributed by atoms with E-state index in [1.165, 1.54) is 148 Å². The second-order valence-electron chi connectivity index (χ2n) is 35.8. The van der Waals surface area contributed by atoms with E-state index < -0.39 is 23.3 Å². The third-order valence-electron chi connectivity index (χ3n) is 28.8. The third-order valence-corrected chi connectivity index (χ3v) is 32.4. The van der Waals surface area contributed by atoms with Crippen LogP contribution in [0, 0.1) is 101 Å². The van der Waals surface area contributed by atoms with Crippen LogP contribution in [0.2, 0.25) is 20.6 Å². The second-order valence-corrected chi connectivity index (χ2v) is 40.4. The van der Waals surface area contributed by atoms with Gasteiger partial charge in [-0.3, -0.25) is 0 Å². The highest BCUT2D eigenvalue weighted by atomic mass is 35.5. The van der Waals surface area contributed by atoms with Crippen molar-refractivity contribution in [1.82, 2.24) is 110 Å². The highest BCUT2D eigenvalue weighted by molar-refractivity contribution is 7.19. The van der Waals surface area contributed by atoms with Crippen LogP contribution in [0.4, 0.5) is 45.8 Å². The molecule has 12 fully saturated rings. The van der Waals surface area contributed by atoms with Gasteiger partial charge in [0.05, 0.1) is 71.3 Å². The first-order valence-electron chi connectivity index (χ1n) is 44.5. The SMILES string of the molecule is C[C@H]1C2CCC(CC2)[C@@H]1Nc1nc(-c2c[nH]c3ncc(Cl)nc23)nc(-c2ccc(CO)s2)c1F.C[C@H]1C2CCC(CC2)[C@@H]1Nc1nc(-c2c[nH]c3ncc(Cl)nc23)nc(-c2ncco2)c1F.C[C@H]1C2CCC(CC2)[C@@H]1Nc1nc(-c2c[nH]c3ncc(Cl)nc23)nc(-c2nccs2)c1F.[C-]#[N+]c1ccc(-c2nc(-c3c[nH]c4ncc(Cl)nc34)nc(N[C@H]3C4CCC(CC4)[C@@H]3C)c2F)s1. The molecule has 8 atom stereocenters. The van der Waals surface area contributed by atoms with E-state index >= 15 is 17.6 Å². The summed E-state index contributed by atoms with van der Waals surface area (Å²) in [4.78, 5) is 97.3. The van der Waals surface area contributed by atoms with Crippen LogP contribution in [0.15, 0.2) is 102 Å². The monoisotopic (exact) mass is 1910 g/mol. The summed E-state index contributed by atoms with van der Waals surface area (Å²) in [6.07, 6.45) is 36.6. The normalized spacial score (nSPS) is 24.4. The number of hydrogen-bond acceptors (Lipinski definition) is 27. The van der Waals surface area contributed by atoms with E-state index in [0.717, 1.165) is 30.6 Å². The number of anilines is 4.